The molecule has 1 aliphatic rings. The van der Waals surface area contributed by atoms with E-state index in [0.29, 0.717) is 0 Å². The van der Waals surface area contributed by atoms with Gasteiger partial charge in [-0.3, -0.25) is 14.3 Å². The fourth-order valence-electron chi connectivity index (χ4n) is 1.99. The van der Waals surface area contributed by atoms with Gasteiger partial charge in [0.15, 0.2) is 0 Å². The Kier molecular flexibility index (Phi) is 4.86. The molecular weight excluding hydrogens is 352 g/mol. The largest absolute Gasteiger partial charge is 0.395 e. The standard InChI is InChI=1S/C11H13BrN2O5S/c12-2-1-5-3-14(11(19)13-9(5)18)10-8(17)7(16)6(4-15)20-10/h1-3,6-8,10,15-17H,4H2,(H,13,18,19)/b2-1+/t6-,7+,8-,10-/m0/s1. The van der Waals surface area contributed by atoms with Crippen LogP contribution < -0.4 is 11.2 Å². The normalized spacial score (nSPS) is 30.2. The van der Waals surface area contributed by atoms with E-state index in [9.17, 15) is 19.8 Å². The van der Waals surface area contributed by atoms with E-state index in [4.69, 9.17) is 5.11 Å². The average molecular weight is 365 g/mol. The molecule has 1 aliphatic heterocycles. The van der Waals surface area contributed by atoms with Crippen molar-refractivity contribution in [3.8, 4) is 0 Å². The average Bonchev–Trinajstić information content (AvgIpc) is 2.70. The monoisotopic (exact) mass is 364 g/mol. The van der Waals surface area contributed by atoms with Crippen molar-refractivity contribution in [2.45, 2.75) is 22.8 Å². The molecule has 20 heavy (non-hydrogen) atoms. The van der Waals surface area contributed by atoms with Crippen molar-refractivity contribution in [2.24, 2.45) is 0 Å². The summed E-state index contributed by atoms with van der Waals surface area (Å²) in [6.45, 7) is -0.314. The lowest BCUT2D eigenvalue weighted by molar-refractivity contribution is 0.0101. The third kappa shape index (κ3) is 2.77. The number of rotatable bonds is 3. The van der Waals surface area contributed by atoms with Gasteiger partial charge in [0.25, 0.3) is 5.56 Å². The third-order valence-corrected chi connectivity index (χ3v) is 4.86. The summed E-state index contributed by atoms with van der Waals surface area (Å²) in [6, 6.07) is 0. The Balaban J connectivity index is 2.46. The SMILES string of the molecule is O=c1[nH]c(=O)n([C@H]2S[C@@H](CO)[C@@H](O)[C@@H]2O)cc1/C=C/Br. The summed E-state index contributed by atoms with van der Waals surface area (Å²) in [5, 5.41) is 27.5. The number of nitrogens with zero attached hydrogens (tertiary/aromatic N) is 1. The Morgan fingerprint density at radius 3 is 2.65 bits per heavy atom. The van der Waals surface area contributed by atoms with Gasteiger partial charge in [0.2, 0.25) is 0 Å². The van der Waals surface area contributed by atoms with Crippen molar-refractivity contribution >= 4 is 33.8 Å². The zero-order chi connectivity index (χ0) is 14.9. The van der Waals surface area contributed by atoms with Gasteiger partial charge in [-0.25, -0.2) is 4.79 Å². The minimum atomic E-state index is -1.21. The topological polar surface area (TPSA) is 116 Å². The van der Waals surface area contributed by atoms with E-state index in [1.54, 1.807) is 0 Å². The maximum Gasteiger partial charge on any atom is 0.329 e. The van der Waals surface area contributed by atoms with Gasteiger partial charge in [0.1, 0.15) is 11.5 Å². The van der Waals surface area contributed by atoms with E-state index in [1.807, 2.05) is 0 Å². The van der Waals surface area contributed by atoms with Crippen LogP contribution in [0.2, 0.25) is 0 Å². The van der Waals surface area contributed by atoms with Gasteiger partial charge < -0.3 is 15.3 Å². The molecule has 1 fully saturated rings. The van der Waals surface area contributed by atoms with Crippen molar-refractivity contribution in [3.05, 3.63) is 37.6 Å². The molecule has 0 aliphatic carbocycles. The predicted octanol–water partition coefficient (Wildman–Crippen LogP) is -0.770. The summed E-state index contributed by atoms with van der Waals surface area (Å²) in [4.78, 5) is 27.0. The van der Waals surface area contributed by atoms with E-state index in [0.717, 1.165) is 16.3 Å². The number of aromatic amines is 1. The molecule has 110 valence electrons. The first-order chi connectivity index (χ1) is 9.49. The summed E-state index contributed by atoms with van der Waals surface area (Å²) in [7, 11) is 0. The summed E-state index contributed by atoms with van der Waals surface area (Å²) >= 11 is 4.12. The minimum Gasteiger partial charge on any atom is -0.395 e. The minimum absolute atomic E-state index is 0.233. The zero-order valence-electron chi connectivity index (χ0n) is 10.1. The van der Waals surface area contributed by atoms with Gasteiger partial charge in [-0.2, -0.15) is 0 Å². The lowest BCUT2D eigenvalue weighted by atomic mass is 10.1. The molecule has 0 spiro atoms. The van der Waals surface area contributed by atoms with E-state index < -0.39 is 34.1 Å². The summed E-state index contributed by atoms with van der Waals surface area (Å²) in [5.74, 6) is 0. The fraction of sp³-hybridized carbons (Fsp3) is 0.455. The van der Waals surface area contributed by atoms with Crippen molar-refractivity contribution in [1.29, 1.82) is 0 Å². The van der Waals surface area contributed by atoms with Crippen LogP contribution in [0.3, 0.4) is 0 Å². The van der Waals surface area contributed by atoms with Crippen molar-refractivity contribution in [2.75, 3.05) is 6.61 Å². The van der Waals surface area contributed by atoms with Crippen LogP contribution in [0.1, 0.15) is 10.9 Å². The van der Waals surface area contributed by atoms with Gasteiger partial charge in [-0.15, -0.1) is 11.8 Å². The van der Waals surface area contributed by atoms with Crippen LogP contribution in [0.5, 0.6) is 0 Å². The molecule has 2 rings (SSSR count). The predicted molar refractivity (Wildman–Crippen MR) is 78.8 cm³/mol. The van der Waals surface area contributed by atoms with E-state index >= 15 is 0 Å². The molecule has 0 saturated carbocycles. The molecule has 1 aromatic heterocycles. The molecule has 0 radical (unpaired) electrons. The second-order valence-electron chi connectivity index (χ2n) is 4.27. The van der Waals surface area contributed by atoms with Crippen LogP contribution in [0.4, 0.5) is 0 Å². The maximum atomic E-state index is 11.8. The summed E-state index contributed by atoms with van der Waals surface area (Å²) in [5.41, 5.74) is -0.987. The molecule has 4 atom stereocenters. The number of hydrogen-bond acceptors (Lipinski definition) is 6. The number of thioether (sulfide) groups is 1. The Hall–Kier alpha value is -0.870. The summed E-state index contributed by atoms with van der Waals surface area (Å²) < 4.78 is 1.15. The maximum absolute atomic E-state index is 11.8. The molecular formula is C11H13BrN2O5S. The Labute approximate surface area is 126 Å². The highest BCUT2D eigenvalue weighted by molar-refractivity contribution is 9.11. The van der Waals surface area contributed by atoms with E-state index in [-0.39, 0.29) is 12.2 Å². The molecule has 4 N–H and O–H groups in total. The number of hydrogen-bond donors (Lipinski definition) is 4. The Morgan fingerprint density at radius 2 is 2.10 bits per heavy atom. The number of aromatic nitrogens is 2. The molecule has 1 saturated heterocycles. The third-order valence-electron chi connectivity index (χ3n) is 3.03. The second kappa shape index (κ2) is 6.27. The summed E-state index contributed by atoms with van der Waals surface area (Å²) in [6.07, 6.45) is 0.429. The second-order valence-corrected chi connectivity index (χ2v) is 6.16. The van der Waals surface area contributed by atoms with Crippen LogP contribution in [0.25, 0.3) is 6.08 Å². The molecule has 2 heterocycles. The Bertz CT molecular complexity index is 628. The lowest BCUT2D eigenvalue weighted by Crippen LogP contribution is -2.38. The molecule has 0 bridgehead atoms. The van der Waals surface area contributed by atoms with E-state index in [1.165, 1.54) is 17.3 Å². The first-order valence-electron chi connectivity index (χ1n) is 5.74. The van der Waals surface area contributed by atoms with Crippen LogP contribution in [0.15, 0.2) is 20.8 Å². The molecule has 0 unspecified atom stereocenters. The smallest absolute Gasteiger partial charge is 0.329 e. The zero-order valence-corrected chi connectivity index (χ0v) is 12.5. The van der Waals surface area contributed by atoms with Crippen molar-refractivity contribution in [3.63, 3.8) is 0 Å². The van der Waals surface area contributed by atoms with Gasteiger partial charge in [0, 0.05) is 6.20 Å². The van der Waals surface area contributed by atoms with Crippen LogP contribution in [0, 0.1) is 0 Å². The fourth-order valence-corrected chi connectivity index (χ4v) is 3.65. The highest BCUT2D eigenvalue weighted by Gasteiger charge is 2.43. The molecule has 0 aromatic carbocycles. The van der Waals surface area contributed by atoms with Gasteiger partial charge >= 0.3 is 5.69 Å². The van der Waals surface area contributed by atoms with E-state index in [2.05, 4.69) is 20.9 Å². The number of nitrogens with one attached hydrogen (secondary N) is 1. The van der Waals surface area contributed by atoms with Gasteiger partial charge in [0.05, 0.1) is 23.5 Å². The number of aliphatic hydroxyl groups excluding tert-OH is 3. The molecule has 1 aromatic rings. The first-order valence-corrected chi connectivity index (χ1v) is 7.60. The number of aliphatic hydroxyl groups is 3. The first kappa shape index (κ1) is 15.5. The van der Waals surface area contributed by atoms with Crippen LogP contribution in [-0.4, -0.2) is 48.9 Å². The molecule has 0 amide bonds. The van der Waals surface area contributed by atoms with Crippen molar-refractivity contribution < 1.29 is 15.3 Å². The number of H-pyrrole nitrogens is 1. The lowest BCUT2D eigenvalue weighted by Gasteiger charge is -2.17. The highest BCUT2D eigenvalue weighted by Crippen LogP contribution is 2.40. The molecule has 9 heteroatoms. The highest BCUT2D eigenvalue weighted by atomic mass is 79.9. The van der Waals surface area contributed by atoms with Gasteiger partial charge in [-0.1, -0.05) is 15.9 Å². The quantitative estimate of drug-likeness (QED) is 0.559. The van der Waals surface area contributed by atoms with Crippen molar-refractivity contribution in [1.82, 2.24) is 9.55 Å². The number of halogens is 1. The van der Waals surface area contributed by atoms with Crippen LogP contribution >= 0.6 is 27.7 Å². The van der Waals surface area contributed by atoms with Crippen LogP contribution in [-0.2, 0) is 0 Å². The van der Waals surface area contributed by atoms with Gasteiger partial charge in [-0.05, 0) is 11.1 Å². The molecule has 7 nitrogen and oxygen atoms in total. The Morgan fingerprint density at radius 1 is 1.40 bits per heavy atom.